The number of carboxylic acids is 1. The monoisotopic (exact) mass is 284 g/mol. The zero-order valence-electron chi connectivity index (χ0n) is 9.23. The molecule has 1 N–H and O–H groups in total. The lowest BCUT2D eigenvalue weighted by Crippen LogP contribution is -2.09. The normalized spacial score (nSPS) is 12.3. The maximum absolute atomic E-state index is 10.7. The molecule has 88 valence electrons. The number of carboxylic acid groups (broad SMARTS) is 1. The van der Waals surface area contributed by atoms with E-state index in [0.717, 1.165) is 24.6 Å². The second kappa shape index (κ2) is 7.44. The van der Waals surface area contributed by atoms with Gasteiger partial charge in [-0.05, 0) is 30.7 Å². The minimum atomic E-state index is -0.695. The van der Waals surface area contributed by atoms with Gasteiger partial charge in [0.2, 0.25) is 0 Å². The Hall–Kier alpha value is -0.830. The second-order valence-corrected chi connectivity index (χ2v) is 4.76. The van der Waals surface area contributed by atoms with Crippen LogP contribution in [0.2, 0.25) is 0 Å². The van der Waals surface area contributed by atoms with Crippen molar-refractivity contribution in [1.29, 1.82) is 0 Å². The minimum Gasteiger partial charge on any atom is -0.481 e. The number of rotatable bonds is 7. The maximum Gasteiger partial charge on any atom is 0.303 e. The van der Waals surface area contributed by atoms with E-state index in [2.05, 4.69) is 28.1 Å². The van der Waals surface area contributed by atoms with Gasteiger partial charge in [-0.25, -0.2) is 0 Å². The summed E-state index contributed by atoms with van der Waals surface area (Å²) in [5, 5.41) is 9.67. The third kappa shape index (κ3) is 5.31. The highest BCUT2D eigenvalue weighted by Gasteiger charge is 2.12. The zero-order valence-corrected chi connectivity index (χ0v) is 10.8. The highest BCUT2D eigenvalue weighted by Crippen LogP contribution is 2.18. The fraction of sp³-hybridized carbons (Fsp3) is 0.462. The lowest BCUT2D eigenvalue weighted by molar-refractivity contribution is -0.138. The lowest BCUT2D eigenvalue weighted by Gasteiger charge is -2.12. The molecular formula is C13H17BrO2. The summed E-state index contributed by atoms with van der Waals surface area (Å²) in [6, 6.07) is 10.2. The van der Waals surface area contributed by atoms with Crippen LogP contribution in [0.5, 0.6) is 0 Å². The predicted molar refractivity (Wildman–Crippen MR) is 68.9 cm³/mol. The van der Waals surface area contributed by atoms with E-state index >= 15 is 0 Å². The van der Waals surface area contributed by atoms with Gasteiger partial charge in [0, 0.05) is 11.8 Å². The van der Waals surface area contributed by atoms with Crippen LogP contribution in [0.25, 0.3) is 0 Å². The van der Waals surface area contributed by atoms with Crippen molar-refractivity contribution in [2.45, 2.75) is 25.7 Å². The fourth-order valence-electron chi connectivity index (χ4n) is 1.77. The molecule has 0 aliphatic heterocycles. The summed E-state index contributed by atoms with van der Waals surface area (Å²) in [5.74, 6) is -0.420. The van der Waals surface area contributed by atoms with Crippen molar-refractivity contribution in [3.8, 4) is 0 Å². The molecule has 0 radical (unpaired) electrons. The molecule has 3 heteroatoms. The summed E-state index contributed by atoms with van der Waals surface area (Å²) in [6.07, 6.45) is 3.12. The Bertz CT molecular complexity index is 311. The molecule has 0 aromatic heterocycles. The molecule has 0 spiro atoms. The van der Waals surface area contributed by atoms with E-state index in [1.165, 1.54) is 5.56 Å². The summed E-state index contributed by atoms with van der Waals surface area (Å²) in [6.45, 7) is 0. The zero-order chi connectivity index (χ0) is 11.8. The van der Waals surface area contributed by atoms with E-state index in [1.807, 2.05) is 18.2 Å². The first-order chi connectivity index (χ1) is 7.72. The van der Waals surface area contributed by atoms with E-state index in [9.17, 15) is 4.79 Å². The first kappa shape index (κ1) is 13.2. The van der Waals surface area contributed by atoms with Gasteiger partial charge in [0.15, 0.2) is 0 Å². The van der Waals surface area contributed by atoms with E-state index in [4.69, 9.17) is 5.11 Å². The van der Waals surface area contributed by atoms with Gasteiger partial charge in [-0.3, -0.25) is 4.79 Å². The van der Waals surface area contributed by atoms with Crippen LogP contribution in [-0.4, -0.2) is 16.4 Å². The number of carbonyl (C=O) groups is 1. The van der Waals surface area contributed by atoms with Crippen molar-refractivity contribution < 1.29 is 9.90 Å². The Labute approximate surface area is 105 Å². The summed E-state index contributed by atoms with van der Waals surface area (Å²) in [5.41, 5.74) is 1.28. The molecule has 0 fully saturated rings. The Balaban J connectivity index is 2.40. The highest BCUT2D eigenvalue weighted by atomic mass is 79.9. The molecule has 0 saturated carbocycles. The van der Waals surface area contributed by atoms with E-state index < -0.39 is 5.97 Å². The first-order valence-corrected chi connectivity index (χ1v) is 6.66. The molecule has 0 saturated heterocycles. The topological polar surface area (TPSA) is 37.3 Å². The van der Waals surface area contributed by atoms with Crippen molar-refractivity contribution in [3.05, 3.63) is 35.9 Å². The van der Waals surface area contributed by atoms with Crippen LogP contribution in [0.1, 0.15) is 24.8 Å². The second-order valence-electron chi connectivity index (χ2n) is 3.97. The SMILES string of the molecule is O=C(O)CC(CCBr)CCc1ccccc1. The summed E-state index contributed by atoms with van der Waals surface area (Å²) in [7, 11) is 0. The summed E-state index contributed by atoms with van der Waals surface area (Å²) < 4.78 is 0. The van der Waals surface area contributed by atoms with Gasteiger partial charge in [-0.2, -0.15) is 0 Å². The van der Waals surface area contributed by atoms with E-state index in [1.54, 1.807) is 0 Å². The van der Waals surface area contributed by atoms with E-state index in [0.29, 0.717) is 0 Å². The van der Waals surface area contributed by atoms with Crippen LogP contribution in [0.4, 0.5) is 0 Å². The number of aryl methyl sites for hydroxylation is 1. The quantitative estimate of drug-likeness (QED) is 0.778. The predicted octanol–water partition coefficient (Wildman–Crippen LogP) is 3.50. The molecule has 1 aromatic carbocycles. The van der Waals surface area contributed by atoms with Crippen molar-refractivity contribution in [2.75, 3.05) is 5.33 Å². The number of halogens is 1. The molecule has 1 rings (SSSR count). The average Bonchev–Trinajstić information content (AvgIpc) is 2.27. The smallest absolute Gasteiger partial charge is 0.303 e. The molecule has 0 heterocycles. The van der Waals surface area contributed by atoms with Gasteiger partial charge < -0.3 is 5.11 Å². The first-order valence-electron chi connectivity index (χ1n) is 5.54. The van der Waals surface area contributed by atoms with Crippen molar-refractivity contribution in [1.82, 2.24) is 0 Å². The molecule has 16 heavy (non-hydrogen) atoms. The molecule has 0 aliphatic rings. The largest absolute Gasteiger partial charge is 0.481 e. The van der Waals surface area contributed by atoms with Crippen LogP contribution in [0, 0.1) is 5.92 Å². The molecule has 1 unspecified atom stereocenters. The number of hydrogen-bond donors (Lipinski definition) is 1. The van der Waals surface area contributed by atoms with Crippen LogP contribution < -0.4 is 0 Å². The van der Waals surface area contributed by atoms with Crippen LogP contribution in [0.3, 0.4) is 0 Å². The van der Waals surface area contributed by atoms with Gasteiger partial charge in [0.25, 0.3) is 0 Å². The number of alkyl halides is 1. The molecule has 0 amide bonds. The Morgan fingerprint density at radius 3 is 2.50 bits per heavy atom. The molecule has 0 aliphatic carbocycles. The molecule has 1 atom stereocenters. The Morgan fingerprint density at radius 1 is 1.25 bits per heavy atom. The van der Waals surface area contributed by atoms with Crippen LogP contribution in [0.15, 0.2) is 30.3 Å². The molecule has 1 aromatic rings. The molecule has 0 bridgehead atoms. The van der Waals surface area contributed by atoms with Gasteiger partial charge in [0.05, 0.1) is 0 Å². The van der Waals surface area contributed by atoms with E-state index in [-0.39, 0.29) is 12.3 Å². The van der Waals surface area contributed by atoms with Crippen molar-refractivity contribution >= 4 is 21.9 Å². The summed E-state index contributed by atoms with van der Waals surface area (Å²) >= 11 is 3.37. The molecule has 2 nitrogen and oxygen atoms in total. The Morgan fingerprint density at radius 2 is 1.94 bits per heavy atom. The van der Waals surface area contributed by atoms with Gasteiger partial charge in [-0.15, -0.1) is 0 Å². The maximum atomic E-state index is 10.7. The van der Waals surface area contributed by atoms with Crippen LogP contribution in [-0.2, 0) is 11.2 Å². The minimum absolute atomic E-state index is 0.275. The van der Waals surface area contributed by atoms with Gasteiger partial charge in [0.1, 0.15) is 0 Å². The number of hydrogen-bond acceptors (Lipinski definition) is 1. The third-order valence-electron chi connectivity index (χ3n) is 2.66. The average molecular weight is 285 g/mol. The lowest BCUT2D eigenvalue weighted by atomic mass is 9.94. The summed E-state index contributed by atoms with van der Waals surface area (Å²) in [4.78, 5) is 10.7. The Kier molecular flexibility index (Phi) is 6.16. The number of aliphatic carboxylic acids is 1. The van der Waals surface area contributed by atoms with Crippen molar-refractivity contribution in [2.24, 2.45) is 5.92 Å². The highest BCUT2D eigenvalue weighted by molar-refractivity contribution is 9.09. The number of benzene rings is 1. The van der Waals surface area contributed by atoms with Gasteiger partial charge >= 0.3 is 5.97 Å². The molecular weight excluding hydrogens is 268 g/mol. The van der Waals surface area contributed by atoms with Crippen LogP contribution >= 0.6 is 15.9 Å². The fourth-order valence-corrected chi connectivity index (χ4v) is 2.41. The van der Waals surface area contributed by atoms with Gasteiger partial charge in [-0.1, -0.05) is 46.3 Å². The standard InChI is InChI=1S/C13H17BrO2/c14-9-8-12(10-13(15)16)7-6-11-4-2-1-3-5-11/h1-5,12H,6-10H2,(H,15,16). The third-order valence-corrected chi connectivity index (χ3v) is 3.12. The van der Waals surface area contributed by atoms with Crippen molar-refractivity contribution in [3.63, 3.8) is 0 Å².